The van der Waals surface area contributed by atoms with Gasteiger partial charge in [-0.15, -0.1) is 0 Å². The van der Waals surface area contributed by atoms with Gasteiger partial charge in [-0.25, -0.2) is 14.5 Å². The smallest absolute Gasteiger partial charge is 0.157 e. The van der Waals surface area contributed by atoms with E-state index in [4.69, 9.17) is 15.6 Å². The van der Waals surface area contributed by atoms with Crippen LogP contribution in [0.4, 0.5) is 5.82 Å². The summed E-state index contributed by atoms with van der Waals surface area (Å²) >= 11 is 0. The zero-order chi connectivity index (χ0) is 19.5. The molecule has 2 fully saturated rings. The number of hydrogen-bond acceptors (Lipinski definition) is 6. The van der Waals surface area contributed by atoms with Gasteiger partial charge < -0.3 is 15.8 Å². The number of rotatable bonds is 3. The minimum absolute atomic E-state index is 0.490. The molecule has 2 aliphatic rings. The number of anilines is 1. The van der Waals surface area contributed by atoms with Crippen LogP contribution in [0.2, 0.25) is 0 Å². The normalized spacial score (nSPS) is 16.5. The van der Waals surface area contributed by atoms with Crippen molar-refractivity contribution >= 4 is 11.5 Å². The molecule has 1 saturated heterocycles. The predicted octanol–water partition coefficient (Wildman–Crippen LogP) is 3.33. The second-order valence-corrected chi connectivity index (χ2v) is 7.50. The Morgan fingerprint density at radius 2 is 1.96 bits per heavy atom. The maximum Gasteiger partial charge on any atom is 0.157 e. The Morgan fingerprint density at radius 1 is 1.18 bits per heavy atom. The van der Waals surface area contributed by atoms with Crippen LogP contribution in [0.3, 0.4) is 0 Å². The summed E-state index contributed by atoms with van der Waals surface area (Å²) in [6, 6.07) is 5.70. The summed E-state index contributed by atoms with van der Waals surface area (Å²) in [4.78, 5) is 8.88. The van der Waals surface area contributed by atoms with Crippen molar-refractivity contribution in [2.45, 2.75) is 44.9 Å². The molecule has 0 amide bonds. The molecule has 3 aromatic rings. The lowest BCUT2D eigenvalue weighted by atomic mass is 10.2. The summed E-state index contributed by atoms with van der Waals surface area (Å²) in [6.07, 6.45) is 8.32. The van der Waals surface area contributed by atoms with E-state index in [-0.39, 0.29) is 0 Å². The minimum atomic E-state index is 0.490. The summed E-state index contributed by atoms with van der Waals surface area (Å²) in [7, 11) is 1.67. The second-order valence-electron chi connectivity index (χ2n) is 7.50. The van der Waals surface area contributed by atoms with Gasteiger partial charge in [-0.05, 0) is 57.3 Å². The number of nitrogens with one attached hydrogen (secondary N) is 1. The number of imidazole rings is 1. The molecule has 7 nitrogen and oxygen atoms in total. The number of aromatic nitrogens is 4. The first kappa shape index (κ1) is 18.7. The van der Waals surface area contributed by atoms with E-state index < -0.39 is 0 Å². The SMILES string of the molecule is C1CCNCC1.COc1cc2ncc(-c3nc(N)ccc3C)n2nc1C1CC1. The molecule has 4 heterocycles. The van der Waals surface area contributed by atoms with Crippen LogP contribution in [0.1, 0.15) is 49.3 Å². The molecule has 0 unspecified atom stereocenters. The standard InChI is InChI=1S/C16H17N5O.C5H11N/c1-9-3-6-13(17)19-15(9)11-8-18-14-7-12(22-2)16(10-4-5-10)20-21(11)14;1-2-4-6-5-3-1/h3,6-8,10H,4-5H2,1-2H3,(H2,17,19);6H,1-5H2. The zero-order valence-electron chi connectivity index (χ0n) is 16.6. The van der Waals surface area contributed by atoms with E-state index in [2.05, 4.69) is 15.3 Å². The average molecular weight is 380 g/mol. The van der Waals surface area contributed by atoms with Crippen LogP contribution in [-0.4, -0.2) is 39.8 Å². The van der Waals surface area contributed by atoms with E-state index in [1.807, 2.05) is 23.6 Å². The van der Waals surface area contributed by atoms with Gasteiger partial charge in [-0.2, -0.15) is 5.10 Å². The maximum absolute atomic E-state index is 5.83. The monoisotopic (exact) mass is 380 g/mol. The van der Waals surface area contributed by atoms with Crippen molar-refractivity contribution < 1.29 is 4.74 Å². The second kappa shape index (κ2) is 8.14. The molecule has 0 atom stereocenters. The minimum Gasteiger partial charge on any atom is -0.495 e. The Morgan fingerprint density at radius 3 is 2.57 bits per heavy atom. The molecule has 1 saturated carbocycles. The summed E-state index contributed by atoms with van der Waals surface area (Å²) in [6.45, 7) is 4.51. The number of ether oxygens (including phenoxy) is 1. The van der Waals surface area contributed by atoms with Gasteiger partial charge >= 0.3 is 0 Å². The van der Waals surface area contributed by atoms with Gasteiger partial charge in [-0.1, -0.05) is 12.5 Å². The first-order chi connectivity index (χ1) is 13.7. The number of piperidine rings is 1. The molecule has 3 N–H and O–H groups in total. The van der Waals surface area contributed by atoms with Crippen LogP contribution in [0.5, 0.6) is 5.75 Å². The van der Waals surface area contributed by atoms with Gasteiger partial charge in [-0.3, -0.25) is 0 Å². The van der Waals surface area contributed by atoms with Gasteiger partial charge in [0.05, 0.1) is 19.0 Å². The number of nitrogen functional groups attached to an aromatic ring is 1. The van der Waals surface area contributed by atoms with Gasteiger partial charge in [0.15, 0.2) is 5.65 Å². The van der Waals surface area contributed by atoms with E-state index in [1.165, 1.54) is 32.4 Å². The van der Waals surface area contributed by atoms with Crippen molar-refractivity contribution in [3.63, 3.8) is 0 Å². The average Bonchev–Trinajstić information content (AvgIpc) is 3.50. The molecule has 5 rings (SSSR count). The van der Waals surface area contributed by atoms with E-state index in [0.717, 1.165) is 46.9 Å². The van der Waals surface area contributed by atoms with Gasteiger partial charge in [0.25, 0.3) is 0 Å². The van der Waals surface area contributed by atoms with Gasteiger partial charge in [0, 0.05) is 12.0 Å². The fourth-order valence-corrected chi connectivity index (χ4v) is 3.48. The number of nitrogens with zero attached hydrogens (tertiary/aromatic N) is 4. The number of methoxy groups -OCH3 is 1. The van der Waals surface area contributed by atoms with Crippen LogP contribution < -0.4 is 15.8 Å². The first-order valence-corrected chi connectivity index (χ1v) is 10.0. The predicted molar refractivity (Wildman–Crippen MR) is 111 cm³/mol. The molecule has 7 heteroatoms. The first-order valence-electron chi connectivity index (χ1n) is 10.0. The Bertz CT molecular complexity index is 947. The van der Waals surface area contributed by atoms with Crippen LogP contribution in [0.15, 0.2) is 24.4 Å². The largest absolute Gasteiger partial charge is 0.495 e. The van der Waals surface area contributed by atoms with Crippen LogP contribution >= 0.6 is 0 Å². The number of fused-ring (bicyclic) bond motifs is 1. The molecule has 1 aliphatic carbocycles. The lowest BCUT2D eigenvalue weighted by molar-refractivity contribution is 0.405. The highest BCUT2D eigenvalue weighted by Gasteiger charge is 2.29. The highest BCUT2D eigenvalue weighted by Crippen LogP contribution is 2.43. The Hall–Kier alpha value is -2.67. The van der Waals surface area contributed by atoms with Crippen molar-refractivity contribution in [2.24, 2.45) is 0 Å². The summed E-state index contributed by atoms with van der Waals surface area (Å²) in [5, 5.41) is 8.05. The molecule has 1 aliphatic heterocycles. The summed E-state index contributed by atoms with van der Waals surface area (Å²) in [5.74, 6) is 1.79. The number of hydrogen-bond donors (Lipinski definition) is 2. The summed E-state index contributed by atoms with van der Waals surface area (Å²) in [5.41, 5.74) is 10.3. The van der Waals surface area contributed by atoms with Crippen LogP contribution in [0.25, 0.3) is 17.0 Å². The molecule has 28 heavy (non-hydrogen) atoms. The Labute approximate surface area is 165 Å². The fourth-order valence-electron chi connectivity index (χ4n) is 3.48. The lowest BCUT2D eigenvalue weighted by Gasteiger charge is -2.09. The van der Waals surface area contributed by atoms with Crippen molar-refractivity contribution in [2.75, 3.05) is 25.9 Å². The summed E-state index contributed by atoms with van der Waals surface area (Å²) < 4.78 is 7.30. The van der Waals surface area contributed by atoms with Crippen LogP contribution in [0, 0.1) is 6.92 Å². The molecule has 0 radical (unpaired) electrons. The molecule has 0 spiro atoms. The van der Waals surface area contributed by atoms with E-state index in [0.29, 0.717) is 11.7 Å². The molecular weight excluding hydrogens is 352 g/mol. The zero-order valence-corrected chi connectivity index (χ0v) is 16.6. The number of pyridine rings is 1. The topological polar surface area (TPSA) is 90.4 Å². The van der Waals surface area contributed by atoms with Crippen molar-refractivity contribution in [1.82, 2.24) is 24.9 Å². The molecular formula is C21H28N6O. The molecule has 148 valence electrons. The van der Waals surface area contributed by atoms with E-state index >= 15 is 0 Å². The number of aryl methyl sites for hydroxylation is 1. The molecule has 3 aromatic heterocycles. The highest BCUT2D eigenvalue weighted by atomic mass is 16.5. The van der Waals surface area contributed by atoms with Gasteiger partial charge in [0.2, 0.25) is 0 Å². The lowest BCUT2D eigenvalue weighted by Crippen LogP contribution is -2.21. The quantitative estimate of drug-likeness (QED) is 0.724. The third kappa shape index (κ3) is 3.94. The Balaban J connectivity index is 0.000000275. The fraction of sp³-hybridized carbons (Fsp3) is 0.476. The number of nitrogens with two attached hydrogens (primary N) is 1. The van der Waals surface area contributed by atoms with E-state index in [1.54, 1.807) is 19.4 Å². The highest BCUT2D eigenvalue weighted by molar-refractivity contribution is 5.65. The van der Waals surface area contributed by atoms with Crippen LogP contribution in [-0.2, 0) is 0 Å². The van der Waals surface area contributed by atoms with E-state index in [9.17, 15) is 0 Å². The van der Waals surface area contributed by atoms with Crippen molar-refractivity contribution in [1.29, 1.82) is 0 Å². The molecule has 0 bridgehead atoms. The third-order valence-electron chi connectivity index (χ3n) is 5.24. The third-order valence-corrected chi connectivity index (χ3v) is 5.24. The maximum atomic E-state index is 5.83. The molecule has 0 aromatic carbocycles. The van der Waals surface area contributed by atoms with Crippen molar-refractivity contribution in [3.05, 3.63) is 35.7 Å². The van der Waals surface area contributed by atoms with Crippen molar-refractivity contribution in [3.8, 4) is 17.1 Å². The Kier molecular flexibility index (Phi) is 5.43. The van der Waals surface area contributed by atoms with Gasteiger partial charge in [0.1, 0.15) is 23.0 Å².